The van der Waals surface area contributed by atoms with Crippen molar-refractivity contribution in [2.45, 2.75) is 6.92 Å². The van der Waals surface area contributed by atoms with E-state index in [1.54, 1.807) is 18.2 Å². The lowest BCUT2D eigenvalue weighted by atomic mass is 10.2. The number of thioether (sulfide) groups is 1. The molecule has 7 nitrogen and oxygen atoms in total. The lowest BCUT2D eigenvalue weighted by Gasteiger charge is -2.09. The van der Waals surface area contributed by atoms with E-state index in [1.807, 2.05) is 13.0 Å². The summed E-state index contributed by atoms with van der Waals surface area (Å²) in [6, 6.07) is 8.13. The predicted octanol–water partition coefficient (Wildman–Crippen LogP) is 1.08. The summed E-state index contributed by atoms with van der Waals surface area (Å²) in [4.78, 5) is 28.4. The highest BCUT2D eigenvalue weighted by atomic mass is 32.2. The summed E-state index contributed by atoms with van der Waals surface area (Å²) in [5, 5.41) is 17.0. The Balaban J connectivity index is 1.99. The number of carbonyl (C=O) groups is 1. The Labute approximate surface area is 136 Å². The van der Waals surface area contributed by atoms with E-state index in [9.17, 15) is 14.7 Å². The lowest BCUT2D eigenvalue weighted by Crippen LogP contribution is -2.31. The van der Waals surface area contributed by atoms with Gasteiger partial charge in [-0.3, -0.25) is 19.9 Å². The van der Waals surface area contributed by atoms with Crippen LogP contribution in [0.1, 0.15) is 16.1 Å². The molecular weight excluding hydrogens is 316 g/mol. The molecule has 118 valence electrons. The number of rotatable bonds is 2. The van der Waals surface area contributed by atoms with Crippen molar-refractivity contribution in [2.24, 2.45) is 4.99 Å². The Bertz CT molecular complexity index is 860. The van der Waals surface area contributed by atoms with Crippen LogP contribution in [0.2, 0.25) is 0 Å². The van der Waals surface area contributed by atoms with Crippen LogP contribution in [-0.4, -0.2) is 38.3 Å². The van der Waals surface area contributed by atoms with Gasteiger partial charge in [0.2, 0.25) is 0 Å². The smallest absolute Gasteiger partial charge is 0.281 e. The Kier molecular flexibility index (Phi) is 4.16. The zero-order valence-corrected chi connectivity index (χ0v) is 13.1. The maximum absolute atomic E-state index is 12.2. The fraction of sp³-hybridized carbons (Fsp3) is 0.200. The number of nitrogens with one attached hydrogen (secondary N) is 1. The summed E-state index contributed by atoms with van der Waals surface area (Å²) >= 11 is 1.42. The summed E-state index contributed by atoms with van der Waals surface area (Å²) < 4.78 is 1.09. The van der Waals surface area contributed by atoms with Gasteiger partial charge in [-0.1, -0.05) is 23.9 Å². The Hall–Kier alpha value is -2.61. The number of aliphatic imine (C=N–C) groups is 1. The molecule has 0 radical (unpaired) electrons. The van der Waals surface area contributed by atoms with Crippen molar-refractivity contribution in [3.05, 3.63) is 51.9 Å². The van der Waals surface area contributed by atoms with Crippen LogP contribution in [-0.2, 0) is 0 Å². The second-order valence-electron chi connectivity index (χ2n) is 4.96. The van der Waals surface area contributed by atoms with Crippen molar-refractivity contribution in [3.8, 4) is 11.4 Å². The molecule has 1 aromatic carbocycles. The maximum atomic E-state index is 12.2. The average Bonchev–Trinajstić information content (AvgIpc) is 3.00. The standard InChI is InChI=1S/C15H14N4O3S/c1-9-3-2-4-10(7-9)19-12(21)8-11(20)13(18-19)14(22)17-15-16-5-6-23-15/h2-4,7-8,20H,5-6H2,1H3,(H,16,17,22). The van der Waals surface area contributed by atoms with Crippen LogP contribution in [0.25, 0.3) is 5.69 Å². The molecule has 2 heterocycles. The minimum atomic E-state index is -0.600. The van der Waals surface area contributed by atoms with Crippen LogP contribution in [0.4, 0.5) is 0 Å². The van der Waals surface area contributed by atoms with E-state index in [4.69, 9.17) is 0 Å². The third kappa shape index (κ3) is 3.26. The number of amidine groups is 1. The molecule has 2 aromatic rings. The van der Waals surface area contributed by atoms with E-state index in [0.29, 0.717) is 17.4 Å². The molecule has 1 amide bonds. The number of aryl methyl sites for hydroxylation is 1. The second kappa shape index (κ2) is 6.25. The monoisotopic (exact) mass is 330 g/mol. The molecule has 0 fully saturated rings. The summed E-state index contributed by atoms with van der Waals surface area (Å²) in [5.74, 6) is -0.255. The van der Waals surface area contributed by atoms with Crippen LogP contribution in [0.3, 0.4) is 0 Å². The molecule has 0 spiro atoms. The molecular formula is C15H14N4O3S. The van der Waals surface area contributed by atoms with E-state index >= 15 is 0 Å². The van der Waals surface area contributed by atoms with Crippen LogP contribution in [0.15, 0.2) is 40.1 Å². The van der Waals surface area contributed by atoms with Crippen LogP contribution in [0, 0.1) is 6.92 Å². The van der Waals surface area contributed by atoms with E-state index in [0.717, 1.165) is 22.1 Å². The summed E-state index contributed by atoms with van der Waals surface area (Å²) in [6.45, 7) is 2.53. The van der Waals surface area contributed by atoms with Gasteiger partial charge in [0.1, 0.15) is 0 Å². The minimum absolute atomic E-state index is 0.221. The largest absolute Gasteiger partial charge is 0.505 e. The van der Waals surface area contributed by atoms with Gasteiger partial charge in [0.05, 0.1) is 12.2 Å². The van der Waals surface area contributed by atoms with Gasteiger partial charge in [-0.15, -0.1) is 0 Å². The van der Waals surface area contributed by atoms with Crippen molar-refractivity contribution in [1.29, 1.82) is 0 Å². The van der Waals surface area contributed by atoms with Crippen LogP contribution >= 0.6 is 11.8 Å². The van der Waals surface area contributed by atoms with Gasteiger partial charge in [-0.2, -0.15) is 9.78 Å². The van der Waals surface area contributed by atoms with E-state index < -0.39 is 17.2 Å². The molecule has 0 bridgehead atoms. The third-order valence-electron chi connectivity index (χ3n) is 3.18. The van der Waals surface area contributed by atoms with Gasteiger partial charge in [-0.25, -0.2) is 0 Å². The minimum Gasteiger partial charge on any atom is -0.505 e. The number of aromatic hydroxyl groups is 1. The molecule has 0 aliphatic carbocycles. The van der Waals surface area contributed by atoms with Crippen LogP contribution in [0.5, 0.6) is 5.75 Å². The zero-order valence-electron chi connectivity index (χ0n) is 12.3. The Morgan fingerprint density at radius 2 is 2.22 bits per heavy atom. The van der Waals surface area contributed by atoms with E-state index in [-0.39, 0.29) is 5.69 Å². The molecule has 0 atom stereocenters. The lowest BCUT2D eigenvalue weighted by molar-refractivity contribution is 0.0968. The van der Waals surface area contributed by atoms with Gasteiger partial charge in [0.25, 0.3) is 11.5 Å². The average molecular weight is 330 g/mol. The molecule has 2 N–H and O–H groups in total. The molecule has 3 rings (SSSR count). The zero-order chi connectivity index (χ0) is 16.4. The number of hydrogen-bond donors (Lipinski definition) is 2. The number of amides is 1. The van der Waals surface area contributed by atoms with Crippen molar-refractivity contribution in [1.82, 2.24) is 15.1 Å². The normalized spacial score (nSPS) is 13.7. The molecule has 1 aliphatic heterocycles. The molecule has 1 aromatic heterocycles. The molecule has 0 saturated carbocycles. The summed E-state index contributed by atoms with van der Waals surface area (Å²) in [7, 11) is 0. The molecule has 23 heavy (non-hydrogen) atoms. The van der Waals surface area contributed by atoms with Crippen molar-refractivity contribution < 1.29 is 9.90 Å². The molecule has 0 saturated heterocycles. The fourth-order valence-electron chi connectivity index (χ4n) is 2.12. The van der Waals surface area contributed by atoms with Gasteiger partial charge >= 0.3 is 0 Å². The van der Waals surface area contributed by atoms with Gasteiger partial charge in [-0.05, 0) is 24.6 Å². The van der Waals surface area contributed by atoms with E-state index in [2.05, 4.69) is 15.4 Å². The molecule has 0 unspecified atom stereocenters. The molecule has 8 heteroatoms. The number of aromatic nitrogens is 2. The fourth-order valence-corrected chi connectivity index (χ4v) is 2.84. The quantitative estimate of drug-likeness (QED) is 0.859. The number of hydrogen-bond acceptors (Lipinski definition) is 6. The highest BCUT2D eigenvalue weighted by molar-refractivity contribution is 8.14. The highest BCUT2D eigenvalue weighted by Crippen LogP contribution is 2.15. The first-order valence-electron chi connectivity index (χ1n) is 6.93. The van der Waals surface area contributed by atoms with Crippen molar-refractivity contribution in [3.63, 3.8) is 0 Å². The maximum Gasteiger partial charge on any atom is 0.281 e. The van der Waals surface area contributed by atoms with Gasteiger partial charge in [0, 0.05) is 11.8 Å². The number of carbonyl (C=O) groups excluding carboxylic acids is 1. The van der Waals surface area contributed by atoms with E-state index in [1.165, 1.54) is 11.8 Å². The highest BCUT2D eigenvalue weighted by Gasteiger charge is 2.19. The summed E-state index contributed by atoms with van der Waals surface area (Å²) in [6.07, 6.45) is 0. The third-order valence-corrected chi connectivity index (χ3v) is 4.07. The Morgan fingerprint density at radius 3 is 2.91 bits per heavy atom. The molecule has 1 aliphatic rings. The van der Waals surface area contributed by atoms with Crippen molar-refractivity contribution >= 4 is 22.8 Å². The van der Waals surface area contributed by atoms with Gasteiger partial charge in [0.15, 0.2) is 16.6 Å². The first-order valence-corrected chi connectivity index (χ1v) is 7.92. The second-order valence-corrected chi connectivity index (χ2v) is 6.04. The first-order chi connectivity index (χ1) is 11.0. The van der Waals surface area contributed by atoms with Crippen molar-refractivity contribution in [2.75, 3.05) is 12.3 Å². The number of nitrogens with zero attached hydrogens (tertiary/aromatic N) is 3. The predicted molar refractivity (Wildman–Crippen MR) is 88.5 cm³/mol. The SMILES string of the molecule is Cc1cccc(-n2nc(C(=O)NC3=NCCS3)c(O)cc2=O)c1. The number of benzene rings is 1. The topological polar surface area (TPSA) is 96.6 Å². The Morgan fingerprint density at radius 1 is 1.39 bits per heavy atom. The van der Waals surface area contributed by atoms with Gasteiger partial charge < -0.3 is 5.11 Å². The first kappa shape index (κ1) is 15.3. The summed E-state index contributed by atoms with van der Waals surface area (Å²) in [5.41, 5.74) is 0.738. The van der Waals surface area contributed by atoms with Crippen LogP contribution < -0.4 is 10.9 Å².